The fraction of sp³-hybridized carbons (Fsp3) is 0.636. The summed E-state index contributed by atoms with van der Waals surface area (Å²) in [6.45, 7) is 5.60. The van der Waals surface area contributed by atoms with Crippen LogP contribution in [0.4, 0.5) is 4.39 Å². The third-order valence-corrected chi connectivity index (χ3v) is 5.96. The van der Waals surface area contributed by atoms with Gasteiger partial charge < -0.3 is 9.47 Å². The molecule has 4 heteroatoms. The zero-order valence-corrected chi connectivity index (χ0v) is 16.7. The van der Waals surface area contributed by atoms with Crippen LogP contribution in [0.3, 0.4) is 0 Å². The maximum Gasteiger partial charge on any atom is 0.186 e. The minimum absolute atomic E-state index is 0.200. The summed E-state index contributed by atoms with van der Waals surface area (Å²) in [4.78, 5) is 0. The van der Waals surface area contributed by atoms with Crippen molar-refractivity contribution in [1.82, 2.24) is 0 Å². The summed E-state index contributed by atoms with van der Waals surface area (Å²) in [6, 6.07) is 3.71. The molecule has 1 unspecified atom stereocenters. The molecule has 0 saturated carbocycles. The third-order valence-electron chi connectivity index (χ3n) is 5.59. The lowest BCUT2D eigenvalue weighted by atomic mass is 9.84. The molecule has 1 aliphatic heterocycles. The van der Waals surface area contributed by atoms with Crippen molar-refractivity contribution >= 4 is 17.2 Å². The van der Waals surface area contributed by atoms with Crippen molar-refractivity contribution in [3.05, 3.63) is 40.2 Å². The minimum atomic E-state index is -0.649. The second-order valence-corrected chi connectivity index (χ2v) is 8.02. The molecule has 0 bridgehead atoms. The summed E-state index contributed by atoms with van der Waals surface area (Å²) in [5, 5.41) is 0.200. The van der Waals surface area contributed by atoms with Crippen LogP contribution in [-0.2, 0) is 9.47 Å². The van der Waals surface area contributed by atoms with E-state index in [2.05, 4.69) is 19.9 Å². The molecule has 0 N–H and O–H groups in total. The average molecular weight is 381 g/mol. The average Bonchev–Trinajstić information content (AvgIpc) is 2.66. The molecule has 0 amide bonds. The Balaban J connectivity index is 1.71. The maximum absolute atomic E-state index is 14.9. The SMILES string of the molecule is CCCC1CC=C(c2ccc(C3OCC(CCC)CO3)c(F)c2Cl)CC1. The zero-order chi connectivity index (χ0) is 18.5. The molecule has 26 heavy (non-hydrogen) atoms. The van der Waals surface area contributed by atoms with Crippen molar-refractivity contribution in [3.63, 3.8) is 0 Å². The molecule has 1 aromatic rings. The topological polar surface area (TPSA) is 18.5 Å². The van der Waals surface area contributed by atoms with E-state index in [0.717, 1.165) is 43.6 Å². The smallest absolute Gasteiger partial charge is 0.186 e. The molecule has 3 rings (SSSR count). The van der Waals surface area contributed by atoms with Crippen molar-refractivity contribution < 1.29 is 13.9 Å². The van der Waals surface area contributed by atoms with Crippen LogP contribution >= 0.6 is 11.6 Å². The minimum Gasteiger partial charge on any atom is -0.348 e. The van der Waals surface area contributed by atoms with E-state index in [4.69, 9.17) is 21.1 Å². The van der Waals surface area contributed by atoms with Gasteiger partial charge in [-0.25, -0.2) is 4.39 Å². The predicted molar refractivity (Wildman–Crippen MR) is 105 cm³/mol. The Hall–Kier alpha value is -0.900. The number of allylic oxidation sites excluding steroid dienone is 2. The molecule has 0 spiro atoms. The van der Waals surface area contributed by atoms with Crippen molar-refractivity contribution in [2.24, 2.45) is 11.8 Å². The lowest BCUT2D eigenvalue weighted by molar-refractivity contribution is -0.207. The van der Waals surface area contributed by atoms with E-state index in [1.165, 1.54) is 18.4 Å². The molecule has 0 aromatic heterocycles. The molecule has 1 aromatic carbocycles. The Morgan fingerprint density at radius 1 is 1.08 bits per heavy atom. The summed E-state index contributed by atoms with van der Waals surface area (Å²) in [5.74, 6) is 0.754. The highest BCUT2D eigenvalue weighted by molar-refractivity contribution is 6.32. The van der Waals surface area contributed by atoms with Gasteiger partial charge in [0.05, 0.1) is 18.2 Å². The first-order valence-corrected chi connectivity index (χ1v) is 10.4. The first-order valence-electron chi connectivity index (χ1n) is 10.0. The molecule has 1 saturated heterocycles. The summed E-state index contributed by atoms with van der Waals surface area (Å²) >= 11 is 6.40. The Morgan fingerprint density at radius 2 is 1.77 bits per heavy atom. The predicted octanol–water partition coefficient (Wildman–Crippen LogP) is 6.92. The number of hydrogen-bond donors (Lipinski definition) is 0. The highest BCUT2D eigenvalue weighted by Crippen LogP contribution is 2.39. The second kappa shape index (κ2) is 9.34. The van der Waals surface area contributed by atoms with Gasteiger partial charge in [0.2, 0.25) is 0 Å². The van der Waals surface area contributed by atoms with E-state index in [1.807, 2.05) is 6.07 Å². The number of ether oxygens (including phenoxy) is 2. The quantitative estimate of drug-likeness (QED) is 0.533. The molecule has 1 heterocycles. The lowest BCUT2D eigenvalue weighted by Gasteiger charge is -2.30. The van der Waals surface area contributed by atoms with Gasteiger partial charge in [0.15, 0.2) is 12.1 Å². The van der Waals surface area contributed by atoms with Gasteiger partial charge in [0.25, 0.3) is 0 Å². The number of halogens is 2. The highest BCUT2D eigenvalue weighted by Gasteiger charge is 2.27. The fourth-order valence-corrected chi connectivity index (χ4v) is 4.39. The lowest BCUT2D eigenvalue weighted by Crippen LogP contribution is -2.27. The Bertz CT molecular complexity index is 635. The number of benzene rings is 1. The van der Waals surface area contributed by atoms with Crippen LogP contribution in [0.15, 0.2) is 18.2 Å². The summed E-state index contributed by atoms with van der Waals surface area (Å²) in [5.41, 5.74) is 2.40. The van der Waals surface area contributed by atoms with Crippen molar-refractivity contribution in [2.45, 2.75) is 65.1 Å². The van der Waals surface area contributed by atoms with Crippen LogP contribution < -0.4 is 0 Å². The van der Waals surface area contributed by atoms with Gasteiger partial charge >= 0.3 is 0 Å². The van der Waals surface area contributed by atoms with Crippen LogP contribution in [0.5, 0.6) is 0 Å². The van der Waals surface area contributed by atoms with E-state index >= 15 is 0 Å². The number of hydrogen-bond acceptors (Lipinski definition) is 2. The Labute approximate surface area is 161 Å². The van der Waals surface area contributed by atoms with Gasteiger partial charge in [0.1, 0.15) is 0 Å². The summed E-state index contributed by atoms with van der Waals surface area (Å²) < 4.78 is 26.4. The second-order valence-electron chi connectivity index (χ2n) is 7.64. The van der Waals surface area contributed by atoms with E-state index in [9.17, 15) is 4.39 Å². The number of rotatable bonds is 6. The van der Waals surface area contributed by atoms with Gasteiger partial charge in [-0.3, -0.25) is 0 Å². The third kappa shape index (κ3) is 4.49. The van der Waals surface area contributed by atoms with Crippen molar-refractivity contribution in [1.29, 1.82) is 0 Å². The van der Waals surface area contributed by atoms with E-state index < -0.39 is 12.1 Å². The Morgan fingerprint density at radius 3 is 2.38 bits per heavy atom. The monoisotopic (exact) mass is 380 g/mol. The normalized spacial score (nSPS) is 26.6. The van der Waals surface area contributed by atoms with Crippen molar-refractivity contribution in [3.8, 4) is 0 Å². The molecule has 1 aliphatic carbocycles. The van der Waals surface area contributed by atoms with E-state index in [0.29, 0.717) is 24.7 Å². The van der Waals surface area contributed by atoms with Gasteiger partial charge in [-0.15, -0.1) is 0 Å². The molecular formula is C22H30ClFO2. The largest absolute Gasteiger partial charge is 0.348 e. The van der Waals surface area contributed by atoms with Crippen molar-refractivity contribution in [2.75, 3.05) is 13.2 Å². The van der Waals surface area contributed by atoms with Gasteiger partial charge in [0, 0.05) is 11.5 Å². The first-order chi connectivity index (χ1) is 12.6. The van der Waals surface area contributed by atoms with E-state index in [-0.39, 0.29) is 5.02 Å². The highest BCUT2D eigenvalue weighted by atomic mass is 35.5. The zero-order valence-electron chi connectivity index (χ0n) is 15.9. The van der Waals surface area contributed by atoms with Gasteiger partial charge in [-0.05, 0) is 42.7 Å². The van der Waals surface area contributed by atoms with Crippen LogP contribution in [0.1, 0.15) is 76.2 Å². The van der Waals surface area contributed by atoms with Crippen LogP contribution in [0.2, 0.25) is 5.02 Å². The first kappa shape index (κ1) is 19.9. The Kier molecular flexibility index (Phi) is 7.13. The van der Waals surface area contributed by atoms with Gasteiger partial charge in [-0.2, -0.15) is 0 Å². The fourth-order valence-electron chi connectivity index (χ4n) is 4.10. The molecule has 2 aliphatic rings. The molecular weight excluding hydrogens is 351 g/mol. The molecule has 1 atom stereocenters. The van der Waals surface area contributed by atoms with Crippen LogP contribution in [0, 0.1) is 17.7 Å². The van der Waals surface area contributed by atoms with Gasteiger partial charge in [-0.1, -0.05) is 62.9 Å². The summed E-state index contributed by atoms with van der Waals surface area (Å²) in [6.07, 6.45) is 9.45. The molecule has 0 radical (unpaired) electrons. The maximum atomic E-state index is 14.9. The molecule has 144 valence electrons. The summed E-state index contributed by atoms with van der Waals surface area (Å²) in [7, 11) is 0. The van der Waals surface area contributed by atoms with E-state index in [1.54, 1.807) is 6.07 Å². The molecule has 1 fully saturated rings. The van der Waals surface area contributed by atoms with Crippen LogP contribution in [-0.4, -0.2) is 13.2 Å². The standard InChI is InChI=1S/C22H30ClFO2/c1-3-5-15-7-9-17(10-8-15)18-11-12-19(21(24)20(18)23)22-25-13-16(6-4-2)14-26-22/h9,11-12,15-16,22H,3-8,10,13-14H2,1-2H3. The van der Waals surface area contributed by atoms with Crippen LogP contribution in [0.25, 0.3) is 5.57 Å². The molecule has 2 nitrogen and oxygen atoms in total.